The zero-order chi connectivity index (χ0) is 19.7. The Labute approximate surface area is 221 Å². The van der Waals surface area contributed by atoms with E-state index in [1.165, 1.54) is 38.9 Å². The van der Waals surface area contributed by atoms with Gasteiger partial charge in [-0.2, -0.15) is 0 Å². The SMILES string of the molecule is C.C.C.C.CO.COc1c(C)cc(C)c(C)c1C.COc1c(C)cc(C)cc1C.[CH3-].[Y]. The van der Waals surface area contributed by atoms with Crippen LogP contribution in [0.1, 0.15) is 68.7 Å². The fourth-order valence-electron chi connectivity index (χ4n) is 3.06. The summed E-state index contributed by atoms with van der Waals surface area (Å²) in [5.74, 6) is 2.04. The molecule has 0 aromatic heterocycles. The van der Waals surface area contributed by atoms with E-state index in [0.717, 1.165) is 18.6 Å². The molecule has 2 aromatic rings. The third-order valence-electron chi connectivity index (χ3n) is 4.30. The van der Waals surface area contributed by atoms with E-state index in [1.807, 2.05) is 0 Å². The number of methoxy groups -OCH3 is 2. The Bertz CT molecular complexity index is 672. The van der Waals surface area contributed by atoms with Crippen LogP contribution in [0.2, 0.25) is 0 Å². The summed E-state index contributed by atoms with van der Waals surface area (Å²) in [7, 11) is 4.44. The van der Waals surface area contributed by atoms with Crippen LogP contribution in [0.3, 0.4) is 0 Å². The molecule has 4 heteroatoms. The monoisotopic (exact) mass is 514 g/mol. The normalized spacial score (nSPS) is 7.58. The first-order valence-corrected chi connectivity index (χ1v) is 8.40. The van der Waals surface area contributed by atoms with Gasteiger partial charge < -0.3 is 22.0 Å². The number of aliphatic hydroxyl groups is 1. The van der Waals surface area contributed by atoms with Crippen LogP contribution in [0.5, 0.6) is 11.5 Å². The van der Waals surface area contributed by atoms with Gasteiger partial charge in [0.25, 0.3) is 0 Å². The molecular weight excluding hydrogens is 461 g/mol. The van der Waals surface area contributed by atoms with Crippen LogP contribution in [0.15, 0.2) is 18.2 Å². The quantitative estimate of drug-likeness (QED) is 0.411. The molecule has 0 bridgehead atoms. The summed E-state index contributed by atoms with van der Waals surface area (Å²) < 4.78 is 10.5. The fourth-order valence-corrected chi connectivity index (χ4v) is 3.06. The van der Waals surface area contributed by atoms with Crippen molar-refractivity contribution in [2.45, 2.75) is 78.2 Å². The minimum atomic E-state index is 0. The minimum absolute atomic E-state index is 0. The smallest absolute Gasteiger partial charge is 0.124 e. The average molecular weight is 515 g/mol. The molecular formula is C27H53O3Y-. The molecule has 183 valence electrons. The number of benzene rings is 2. The molecule has 0 aliphatic rings. The zero-order valence-corrected chi connectivity index (χ0v) is 21.9. The Balaban J connectivity index is -0.0000000584. The van der Waals surface area contributed by atoms with Gasteiger partial charge in [0.2, 0.25) is 0 Å². The first-order chi connectivity index (χ1) is 11.7. The number of aliphatic hydroxyl groups excluding tert-OH is 1. The second-order valence-corrected chi connectivity index (χ2v) is 6.23. The molecule has 0 heterocycles. The molecule has 2 aromatic carbocycles. The van der Waals surface area contributed by atoms with Crippen LogP contribution in [0, 0.1) is 55.9 Å². The van der Waals surface area contributed by atoms with Crippen LogP contribution in [-0.4, -0.2) is 26.4 Å². The standard InChI is InChI=1S/C11H16O.C10H14O.CH4O.4CH4.CH3.Y/c1-7-6-8(2)11(12-5)10(4)9(7)3;1-7-5-8(2)10(11-4)9(3)6-7;1-2;;;;;;/h6H,1-5H3;5-6H,1-4H3;2H,1H3;4*1H4;1H3;/q;;;;;;;-1;. The van der Waals surface area contributed by atoms with Gasteiger partial charge in [-0.1, -0.05) is 53.5 Å². The number of rotatable bonds is 2. The fraction of sp³-hybridized carbons (Fsp3) is 0.519. The largest absolute Gasteiger partial charge is 0.496 e. The molecule has 0 saturated heterocycles. The average Bonchev–Trinajstić information content (AvgIpc) is 2.55. The third-order valence-corrected chi connectivity index (χ3v) is 4.30. The summed E-state index contributed by atoms with van der Waals surface area (Å²) >= 11 is 0. The molecule has 0 unspecified atom stereocenters. The number of hydrogen-bond donors (Lipinski definition) is 1. The molecule has 0 amide bonds. The van der Waals surface area contributed by atoms with E-state index in [9.17, 15) is 0 Å². The molecule has 0 aliphatic carbocycles. The van der Waals surface area contributed by atoms with Crippen molar-refractivity contribution in [2.24, 2.45) is 0 Å². The summed E-state index contributed by atoms with van der Waals surface area (Å²) in [6, 6.07) is 6.43. The van der Waals surface area contributed by atoms with Crippen molar-refractivity contribution in [3.05, 3.63) is 64.6 Å². The molecule has 0 fully saturated rings. The van der Waals surface area contributed by atoms with Crippen molar-refractivity contribution >= 4 is 0 Å². The van der Waals surface area contributed by atoms with Gasteiger partial charge in [0, 0.05) is 39.8 Å². The van der Waals surface area contributed by atoms with Crippen molar-refractivity contribution in [2.75, 3.05) is 21.3 Å². The van der Waals surface area contributed by atoms with Crippen LogP contribution >= 0.6 is 0 Å². The summed E-state index contributed by atoms with van der Waals surface area (Å²) in [5, 5.41) is 7.00. The van der Waals surface area contributed by atoms with Gasteiger partial charge in [-0.15, -0.1) is 0 Å². The minimum Gasteiger partial charge on any atom is -0.496 e. The van der Waals surface area contributed by atoms with Gasteiger partial charge in [-0.05, 0) is 81.8 Å². The van der Waals surface area contributed by atoms with E-state index in [4.69, 9.17) is 14.6 Å². The molecule has 3 nitrogen and oxygen atoms in total. The van der Waals surface area contributed by atoms with Gasteiger partial charge in [-0.3, -0.25) is 0 Å². The summed E-state index contributed by atoms with van der Waals surface area (Å²) in [6.45, 7) is 14.7. The molecule has 31 heavy (non-hydrogen) atoms. The molecule has 0 atom stereocenters. The van der Waals surface area contributed by atoms with Gasteiger partial charge in [0.1, 0.15) is 11.5 Å². The number of ether oxygens (including phenoxy) is 2. The van der Waals surface area contributed by atoms with E-state index in [2.05, 4.69) is 66.7 Å². The van der Waals surface area contributed by atoms with Crippen LogP contribution in [0.25, 0.3) is 0 Å². The van der Waals surface area contributed by atoms with Gasteiger partial charge in [-0.25, -0.2) is 0 Å². The molecule has 0 saturated carbocycles. The van der Waals surface area contributed by atoms with E-state index >= 15 is 0 Å². The van der Waals surface area contributed by atoms with Gasteiger partial charge >= 0.3 is 0 Å². The Hall–Kier alpha value is -0.896. The number of aryl methyl sites for hydroxylation is 5. The first-order valence-electron chi connectivity index (χ1n) is 8.40. The van der Waals surface area contributed by atoms with Crippen molar-refractivity contribution in [3.8, 4) is 11.5 Å². The predicted octanol–water partition coefficient (Wildman–Crippen LogP) is 8.15. The van der Waals surface area contributed by atoms with Crippen LogP contribution < -0.4 is 9.47 Å². The van der Waals surface area contributed by atoms with Gasteiger partial charge in [0.15, 0.2) is 0 Å². The van der Waals surface area contributed by atoms with E-state index in [1.54, 1.807) is 14.2 Å². The number of hydrogen-bond acceptors (Lipinski definition) is 3. The van der Waals surface area contributed by atoms with Crippen LogP contribution in [-0.2, 0) is 32.7 Å². The molecule has 0 aliphatic heterocycles. The second kappa shape index (κ2) is 23.8. The maximum Gasteiger partial charge on any atom is 0.124 e. The van der Waals surface area contributed by atoms with Crippen molar-refractivity contribution in [3.63, 3.8) is 0 Å². The van der Waals surface area contributed by atoms with E-state index in [0.29, 0.717) is 0 Å². The topological polar surface area (TPSA) is 38.7 Å². The Morgan fingerprint density at radius 1 is 0.548 bits per heavy atom. The molecule has 1 radical (unpaired) electrons. The van der Waals surface area contributed by atoms with E-state index in [-0.39, 0.29) is 69.8 Å². The summed E-state index contributed by atoms with van der Waals surface area (Å²) in [6.07, 6.45) is 0. The molecule has 0 spiro atoms. The Kier molecular flexibility index (Phi) is 36.6. The maximum absolute atomic E-state index is 7.00. The second-order valence-electron chi connectivity index (χ2n) is 6.23. The molecule has 1 N–H and O–H groups in total. The Morgan fingerprint density at radius 3 is 1.19 bits per heavy atom. The Morgan fingerprint density at radius 2 is 0.871 bits per heavy atom. The third kappa shape index (κ3) is 14.0. The summed E-state index contributed by atoms with van der Waals surface area (Å²) in [5.41, 5.74) is 8.87. The van der Waals surface area contributed by atoms with Crippen molar-refractivity contribution in [1.82, 2.24) is 0 Å². The molecule has 2 rings (SSSR count). The maximum atomic E-state index is 7.00. The van der Waals surface area contributed by atoms with Gasteiger partial charge in [0.05, 0.1) is 14.2 Å². The van der Waals surface area contributed by atoms with Crippen molar-refractivity contribution in [1.29, 1.82) is 0 Å². The van der Waals surface area contributed by atoms with Crippen molar-refractivity contribution < 1.29 is 47.3 Å². The van der Waals surface area contributed by atoms with E-state index < -0.39 is 0 Å². The first kappa shape index (κ1) is 47.8. The predicted molar refractivity (Wildman–Crippen MR) is 141 cm³/mol. The summed E-state index contributed by atoms with van der Waals surface area (Å²) in [4.78, 5) is 0. The zero-order valence-electron chi connectivity index (χ0n) is 19.1. The van der Waals surface area contributed by atoms with Crippen LogP contribution in [0.4, 0.5) is 0 Å².